The molecular formula is C20H23N3O3. The van der Waals surface area contributed by atoms with Crippen molar-refractivity contribution < 1.29 is 14.3 Å². The fourth-order valence-corrected chi connectivity index (χ4v) is 4.12. The summed E-state index contributed by atoms with van der Waals surface area (Å²) >= 11 is 0. The lowest BCUT2D eigenvalue weighted by Crippen LogP contribution is -2.44. The van der Waals surface area contributed by atoms with E-state index in [0.29, 0.717) is 44.0 Å². The molecule has 2 amide bonds. The van der Waals surface area contributed by atoms with Crippen molar-refractivity contribution in [3.8, 4) is 0 Å². The van der Waals surface area contributed by atoms with Gasteiger partial charge in [-0.15, -0.1) is 0 Å². The van der Waals surface area contributed by atoms with Crippen molar-refractivity contribution >= 4 is 23.2 Å². The summed E-state index contributed by atoms with van der Waals surface area (Å²) < 4.78 is 7.28. The summed E-state index contributed by atoms with van der Waals surface area (Å²) in [7, 11) is 1.84. The molecule has 1 spiro atoms. The van der Waals surface area contributed by atoms with Crippen LogP contribution >= 0.6 is 0 Å². The first kappa shape index (κ1) is 16.8. The third kappa shape index (κ3) is 2.44. The monoisotopic (exact) mass is 353 g/mol. The van der Waals surface area contributed by atoms with E-state index in [4.69, 9.17) is 4.74 Å². The maximum absolute atomic E-state index is 13.1. The molecule has 3 heterocycles. The van der Waals surface area contributed by atoms with Crippen molar-refractivity contribution in [2.45, 2.75) is 25.2 Å². The number of hydrogen-bond donors (Lipinski definition) is 1. The number of nitrogens with one attached hydrogen (secondary N) is 1. The van der Waals surface area contributed by atoms with Gasteiger partial charge in [-0.1, -0.05) is 0 Å². The molecule has 2 aromatic rings. The molecule has 2 aliphatic heterocycles. The van der Waals surface area contributed by atoms with Gasteiger partial charge in [0, 0.05) is 44.4 Å². The van der Waals surface area contributed by atoms with Gasteiger partial charge in [0.05, 0.1) is 5.41 Å². The molecule has 0 bridgehead atoms. The fraction of sp³-hybridized carbons (Fsp3) is 0.400. The molecule has 4 rings (SSSR count). The summed E-state index contributed by atoms with van der Waals surface area (Å²) in [6, 6.07) is 9.40. The third-order valence-electron chi connectivity index (χ3n) is 5.55. The lowest BCUT2D eigenvalue weighted by atomic mass is 9.75. The summed E-state index contributed by atoms with van der Waals surface area (Å²) in [6.45, 7) is 3.81. The molecule has 1 fully saturated rings. The number of amides is 2. The number of aromatic nitrogens is 1. The average molecular weight is 353 g/mol. The van der Waals surface area contributed by atoms with E-state index in [1.54, 1.807) is 10.6 Å². The van der Waals surface area contributed by atoms with Crippen LogP contribution in [0, 0.1) is 0 Å². The fourth-order valence-electron chi connectivity index (χ4n) is 4.12. The molecule has 6 heteroatoms. The van der Waals surface area contributed by atoms with Gasteiger partial charge in [-0.05, 0) is 55.7 Å². The first-order valence-corrected chi connectivity index (χ1v) is 9.04. The second-order valence-electron chi connectivity index (χ2n) is 6.93. The van der Waals surface area contributed by atoms with Gasteiger partial charge in [-0.3, -0.25) is 9.59 Å². The Kier molecular flexibility index (Phi) is 4.07. The Bertz CT molecular complexity index is 865. The van der Waals surface area contributed by atoms with Crippen LogP contribution in [0.4, 0.5) is 11.4 Å². The quantitative estimate of drug-likeness (QED) is 0.923. The molecule has 2 aliphatic rings. The first-order chi connectivity index (χ1) is 12.6. The van der Waals surface area contributed by atoms with Crippen molar-refractivity contribution in [3.63, 3.8) is 0 Å². The van der Waals surface area contributed by atoms with Crippen LogP contribution in [0.2, 0.25) is 0 Å². The van der Waals surface area contributed by atoms with E-state index in [1.807, 2.05) is 49.3 Å². The Labute approximate surface area is 152 Å². The van der Waals surface area contributed by atoms with Gasteiger partial charge < -0.3 is 19.5 Å². The second-order valence-corrected chi connectivity index (χ2v) is 6.93. The van der Waals surface area contributed by atoms with Crippen LogP contribution in [0.25, 0.3) is 0 Å². The first-order valence-electron chi connectivity index (χ1n) is 9.04. The van der Waals surface area contributed by atoms with E-state index >= 15 is 0 Å². The van der Waals surface area contributed by atoms with E-state index in [9.17, 15) is 9.59 Å². The van der Waals surface area contributed by atoms with Crippen molar-refractivity contribution in [2.75, 3.05) is 30.0 Å². The van der Waals surface area contributed by atoms with E-state index in [-0.39, 0.29) is 11.8 Å². The number of nitrogens with zero attached hydrogens (tertiary/aromatic N) is 2. The van der Waals surface area contributed by atoms with Crippen molar-refractivity contribution in [2.24, 2.45) is 7.05 Å². The van der Waals surface area contributed by atoms with Crippen LogP contribution < -0.4 is 10.2 Å². The number of fused-ring (bicyclic) bond motifs is 2. The Balaban J connectivity index is 1.70. The van der Waals surface area contributed by atoms with Crippen LogP contribution in [-0.2, 0) is 22.0 Å². The molecule has 1 aromatic carbocycles. The molecule has 0 radical (unpaired) electrons. The topological polar surface area (TPSA) is 63.6 Å². The molecule has 0 atom stereocenters. The molecule has 0 unspecified atom stereocenters. The third-order valence-corrected chi connectivity index (χ3v) is 5.55. The van der Waals surface area contributed by atoms with Crippen molar-refractivity contribution in [3.05, 3.63) is 47.8 Å². The number of carbonyl (C=O) groups excluding carboxylic acids is 2. The second kappa shape index (κ2) is 6.29. The standard InChI is InChI=1S/C20H23N3O3/c1-3-23-16-7-6-14(21-18(24)17-5-4-10-22(17)2)13-15(16)20(19(23)25)8-11-26-12-9-20/h4-7,10,13H,3,8-9,11-12H2,1-2H3,(H,21,24). The van der Waals surface area contributed by atoms with E-state index in [1.165, 1.54) is 0 Å². The molecule has 26 heavy (non-hydrogen) atoms. The van der Waals surface area contributed by atoms with E-state index in [2.05, 4.69) is 5.32 Å². The summed E-state index contributed by atoms with van der Waals surface area (Å²) in [5, 5.41) is 2.96. The SMILES string of the molecule is CCN1C(=O)C2(CCOCC2)c2cc(NC(=O)c3cccn3C)ccc21. The minimum Gasteiger partial charge on any atom is -0.381 e. The van der Waals surface area contributed by atoms with Gasteiger partial charge >= 0.3 is 0 Å². The van der Waals surface area contributed by atoms with Gasteiger partial charge in [0.1, 0.15) is 5.69 Å². The number of carbonyl (C=O) groups is 2. The van der Waals surface area contributed by atoms with Crippen LogP contribution in [0.3, 0.4) is 0 Å². The minimum atomic E-state index is -0.519. The Morgan fingerprint density at radius 3 is 2.69 bits per heavy atom. The number of anilines is 2. The Hall–Kier alpha value is -2.60. The summed E-state index contributed by atoms with van der Waals surface area (Å²) in [5.74, 6) is -0.000593. The number of rotatable bonds is 3. The van der Waals surface area contributed by atoms with Crippen LogP contribution in [0.15, 0.2) is 36.5 Å². The van der Waals surface area contributed by atoms with Crippen LogP contribution in [-0.4, -0.2) is 36.1 Å². The predicted octanol–water partition coefficient (Wildman–Crippen LogP) is 2.69. The highest BCUT2D eigenvalue weighted by Crippen LogP contribution is 2.48. The van der Waals surface area contributed by atoms with Gasteiger partial charge in [-0.2, -0.15) is 0 Å². The maximum atomic E-state index is 13.1. The zero-order valence-corrected chi connectivity index (χ0v) is 15.1. The van der Waals surface area contributed by atoms with Crippen molar-refractivity contribution in [1.29, 1.82) is 0 Å². The van der Waals surface area contributed by atoms with Gasteiger partial charge in [-0.25, -0.2) is 0 Å². The highest BCUT2D eigenvalue weighted by Gasteiger charge is 2.51. The zero-order chi connectivity index (χ0) is 18.3. The molecule has 1 aromatic heterocycles. The summed E-state index contributed by atoms with van der Waals surface area (Å²) in [4.78, 5) is 27.5. The maximum Gasteiger partial charge on any atom is 0.272 e. The van der Waals surface area contributed by atoms with Crippen molar-refractivity contribution in [1.82, 2.24) is 4.57 Å². The van der Waals surface area contributed by atoms with E-state index < -0.39 is 5.41 Å². The smallest absolute Gasteiger partial charge is 0.272 e. The molecule has 0 aliphatic carbocycles. The van der Waals surface area contributed by atoms with Gasteiger partial charge in [0.25, 0.3) is 5.91 Å². The Morgan fingerprint density at radius 2 is 2.04 bits per heavy atom. The van der Waals surface area contributed by atoms with Crippen LogP contribution in [0.5, 0.6) is 0 Å². The van der Waals surface area contributed by atoms with E-state index in [0.717, 1.165) is 11.3 Å². The highest BCUT2D eigenvalue weighted by molar-refractivity contribution is 6.09. The number of benzene rings is 1. The summed E-state index contributed by atoms with van der Waals surface area (Å²) in [6.07, 6.45) is 3.21. The highest BCUT2D eigenvalue weighted by atomic mass is 16.5. The number of aryl methyl sites for hydroxylation is 1. The Morgan fingerprint density at radius 1 is 1.27 bits per heavy atom. The molecule has 1 saturated heterocycles. The normalized spacial score (nSPS) is 18.2. The summed E-state index contributed by atoms with van der Waals surface area (Å²) in [5.41, 5.74) is 2.76. The molecule has 0 saturated carbocycles. The van der Waals surface area contributed by atoms with Gasteiger partial charge in [0.2, 0.25) is 5.91 Å². The minimum absolute atomic E-state index is 0.157. The molecule has 6 nitrogen and oxygen atoms in total. The molecule has 136 valence electrons. The lowest BCUT2D eigenvalue weighted by molar-refractivity contribution is -0.126. The number of ether oxygens (including phenoxy) is 1. The molecule has 1 N–H and O–H groups in total. The number of hydrogen-bond acceptors (Lipinski definition) is 3. The average Bonchev–Trinajstić information content (AvgIpc) is 3.17. The van der Waals surface area contributed by atoms with Crippen LogP contribution in [0.1, 0.15) is 35.8 Å². The largest absolute Gasteiger partial charge is 0.381 e. The lowest BCUT2D eigenvalue weighted by Gasteiger charge is -2.32. The predicted molar refractivity (Wildman–Crippen MR) is 99.6 cm³/mol. The number of likely N-dealkylation sites (N-methyl/N-ethyl adjacent to an activating group) is 1. The van der Waals surface area contributed by atoms with Gasteiger partial charge in [0.15, 0.2) is 0 Å². The zero-order valence-electron chi connectivity index (χ0n) is 15.1. The molecular weight excluding hydrogens is 330 g/mol.